The smallest absolute Gasteiger partial charge is 0.224 e. The van der Waals surface area contributed by atoms with E-state index in [4.69, 9.17) is 4.74 Å². The Bertz CT molecular complexity index is 618. The van der Waals surface area contributed by atoms with Crippen LogP contribution < -0.4 is 10.1 Å². The van der Waals surface area contributed by atoms with Gasteiger partial charge in [0, 0.05) is 47.7 Å². The molecule has 0 spiro atoms. The number of hydrogen-bond donors (Lipinski definition) is 1. The summed E-state index contributed by atoms with van der Waals surface area (Å²) in [6.07, 6.45) is 4.14. The number of aryl methyl sites for hydroxylation is 1. The molecule has 2 saturated heterocycles. The predicted molar refractivity (Wildman–Crippen MR) is 118 cm³/mol. The summed E-state index contributed by atoms with van der Waals surface area (Å²) in [4.78, 5) is 15.1. The number of carbonyl (C=O) groups is 1. The minimum atomic E-state index is 0.126. The minimum Gasteiger partial charge on any atom is -0.497 e. The SMILES string of the molecule is COc1ccc(NC(=O)CC[C@H]2CCCN(C3CSCCSC3)C2)c(C)c1. The molecule has 27 heavy (non-hydrogen) atoms. The molecule has 0 radical (unpaired) electrons. The lowest BCUT2D eigenvalue weighted by Gasteiger charge is -2.37. The van der Waals surface area contributed by atoms with Gasteiger partial charge in [0.2, 0.25) is 5.91 Å². The van der Waals surface area contributed by atoms with E-state index in [0.29, 0.717) is 12.3 Å². The number of rotatable bonds is 6. The second-order valence-corrected chi connectivity index (χ2v) is 9.87. The average Bonchev–Trinajstić information content (AvgIpc) is 2.98. The molecule has 2 fully saturated rings. The van der Waals surface area contributed by atoms with Crippen LogP contribution in [-0.2, 0) is 4.79 Å². The molecule has 0 unspecified atom stereocenters. The molecule has 0 aliphatic carbocycles. The van der Waals surface area contributed by atoms with E-state index in [1.165, 1.54) is 48.9 Å². The molecule has 1 amide bonds. The molecule has 1 N–H and O–H groups in total. The van der Waals surface area contributed by atoms with Gasteiger partial charge in [0.1, 0.15) is 5.75 Å². The van der Waals surface area contributed by atoms with Crippen molar-refractivity contribution < 1.29 is 9.53 Å². The molecule has 3 rings (SSSR count). The van der Waals surface area contributed by atoms with E-state index in [9.17, 15) is 4.79 Å². The van der Waals surface area contributed by atoms with E-state index in [-0.39, 0.29) is 5.91 Å². The lowest BCUT2D eigenvalue weighted by Crippen LogP contribution is -2.45. The number of benzene rings is 1. The number of thioether (sulfide) groups is 2. The van der Waals surface area contributed by atoms with Crippen LogP contribution in [0, 0.1) is 12.8 Å². The number of amides is 1. The zero-order chi connectivity index (χ0) is 19.1. The van der Waals surface area contributed by atoms with Crippen molar-refractivity contribution in [2.75, 3.05) is 48.5 Å². The highest BCUT2D eigenvalue weighted by molar-refractivity contribution is 8.03. The van der Waals surface area contributed by atoms with Crippen LogP contribution >= 0.6 is 23.5 Å². The molecular formula is C21H32N2O2S2. The lowest BCUT2D eigenvalue weighted by molar-refractivity contribution is -0.116. The Morgan fingerprint density at radius 2 is 2.07 bits per heavy atom. The van der Waals surface area contributed by atoms with Crippen LogP contribution in [-0.4, -0.2) is 60.1 Å². The van der Waals surface area contributed by atoms with E-state index < -0.39 is 0 Å². The summed E-state index contributed by atoms with van der Waals surface area (Å²) in [5.41, 5.74) is 1.92. The summed E-state index contributed by atoms with van der Waals surface area (Å²) in [5.74, 6) is 6.74. The average molecular weight is 409 g/mol. The Morgan fingerprint density at radius 1 is 1.30 bits per heavy atom. The normalized spacial score (nSPS) is 22.2. The molecule has 150 valence electrons. The van der Waals surface area contributed by atoms with Gasteiger partial charge in [0.05, 0.1) is 7.11 Å². The summed E-state index contributed by atoms with van der Waals surface area (Å²) in [6.45, 7) is 4.40. The van der Waals surface area contributed by atoms with Gasteiger partial charge in [-0.15, -0.1) is 0 Å². The van der Waals surface area contributed by atoms with Gasteiger partial charge in [-0.05, 0) is 62.4 Å². The van der Waals surface area contributed by atoms with Crippen molar-refractivity contribution in [2.45, 2.75) is 38.6 Å². The van der Waals surface area contributed by atoms with Crippen LogP contribution in [0.15, 0.2) is 18.2 Å². The van der Waals surface area contributed by atoms with Crippen molar-refractivity contribution in [3.8, 4) is 5.75 Å². The van der Waals surface area contributed by atoms with E-state index in [1.54, 1.807) is 7.11 Å². The maximum absolute atomic E-state index is 12.4. The van der Waals surface area contributed by atoms with Gasteiger partial charge in [0.25, 0.3) is 0 Å². The number of likely N-dealkylation sites (tertiary alicyclic amines) is 1. The molecule has 2 aliphatic heterocycles. The molecule has 0 bridgehead atoms. The third-order valence-corrected chi connectivity index (χ3v) is 8.03. The van der Waals surface area contributed by atoms with E-state index >= 15 is 0 Å². The maximum Gasteiger partial charge on any atom is 0.224 e. The third kappa shape index (κ3) is 6.33. The largest absolute Gasteiger partial charge is 0.497 e. The first-order valence-electron chi connectivity index (χ1n) is 9.99. The number of ether oxygens (including phenoxy) is 1. The van der Waals surface area contributed by atoms with Crippen LogP contribution in [0.5, 0.6) is 5.75 Å². The Hall–Kier alpha value is -0.850. The number of piperidine rings is 1. The van der Waals surface area contributed by atoms with Crippen LogP contribution in [0.2, 0.25) is 0 Å². The number of carbonyl (C=O) groups excluding carboxylic acids is 1. The molecular weight excluding hydrogens is 376 g/mol. The Morgan fingerprint density at radius 3 is 2.78 bits per heavy atom. The number of nitrogens with one attached hydrogen (secondary N) is 1. The van der Waals surface area contributed by atoms with Gasteiger partial charge in [-0.3, -0.25) is 9.69 Å². The van der Waals surface area contributed by atoms with Crippen LogP contribution in [0.1, 0.15) is 31.2 Å². The van der Waals surface area contributed by atoms with Crippen LogP contribution in [0.3, 0.4) is 0 Å². The highest BCUT2D eigenvalue weighted by Gasteiger charge is 2.27. The fourth-order valence-corrected chi connectivity index (χ4v) is 6.56. The van der Waals surface area contributed by atoms with E-state index in [0.717, 1.165) is 29.5 Å². The van der Waals surface area contributed by atoms with Gasteiger partial charge in [0.15, 0.2) is 0 Å². The molecule has 1 aromatic carbocycles. The fraction of sp³-hybridized carbons (Fsp3) is 0.667. The summed E-state index contributed by atoms with van der Waals surface area (Å²) >= 11 is 4.21. The van der Waals surface area contributed by atoms with Crippen molar-refractivity contribution in [3.63, 3.8) is 0 Å². The molecule has 2 heterocycles. The van der Waals surface area contributed by atoms with Crippen LogP contribution in [0.25, 0.3) is 0 Å². The van der Waals surface area contributed by atoms with Crippen molar-refractivity contribution in [1.82, 2.24) is 4.90 Å². The number of methoxy groups -OCH3 is 1. The summed E-state index contributed by atoms with van der Waals surface area (Å²) in [5, 5.41) is 3.07. The Labute approximate surface area is 172 Å². The lowest BCUT2D eigenvalue weighted by atomic mass is 9.92. The topological polar surface area (TPSA) is 41.6 Å². The van der Waals surface area contributed by atoms with Gasteiger partial charge < -0.3 is 10.1 Å². The van der Waals surface area contributed by atoms with E-state index in [2.05, 4.69) is 33.7 Å². The summed E-state index contributed by atoms with van der Waals surface area (Å²) < 4.78 is 5.23. The zero-order valence-corrected chi connectivity index (χ0v) is 18.2. The monoisotopic (exact) mass is 408 g/mol. The fourth-order valence-electron chi connectivity index (χ4n) is 3.93. The molecule has 1 aromatic rings. The number of anilines is 1. The first-order chi connectivity index (χ1) is 13.2. The van der Waals surface area contributed by atoms with Gasteiger partial charge in [-0.2, -0.15) is 23.5 Å². The molecule has 4 nitrogen and oxygen atoms in total. The van der Waals surface area contributed by atoms with Crippen molar-refractivity contribution >= 4 is 35.1 Å². The van der Waals surface area contributed by atoms with E-state index in [1.807, 2.05) is 25.1 Å². The summed E-state index contributed by atoms with van der Waals surface area (Å²) in [6, 6.07) is 6.50. The number of nitrogens with zero attached hydrogens (tertiary/aromatic N) is 1. The second kappa shape index (κ2) is 10.6. The second-order valence-electron chi connectivity index (χ2n) is 7.57. The van der Waals surface area contributed by atoms with Crippen molar-refractivity contribution in [2.24, 2.45) is 5.92 Å². The first-order valence-corrected chi connectivity index (χ1v) is 12.3. The molecule has 6 heteroatoms. The first kappa shape index (κ1) is 20.9. The highest BCUT2D eigenvalue weighted by Crippen LogP contribution is 2.27. The van der Waals surface area contributed by atoms with Crippen molar-refractivity contribution in [3.05, 3.63) is 23.8 Å². The predicted octanol–water partition coefficient (Wildman–Crippen LogP) is 4.28. The Kier molecular flexibility index (Phi) is 8.22. The van der Waals surface area contributed by atoms with Gasteiger partial charge in [-0.25, -0.2) is 0 Å². The molecule has 2 aliphatic rings. The van der Waals surface area contributed by atoms with Gasteiger partial charge >= 0.3 is 0 Å². The minimum absolute atomic E-state index is 0.126. The van der Waals surface area contributed by atoms with Crippen molar-refractivity contribution in [1.29, 1.82) is 0 Å². The summed E-state index contributed by atoms with van der Waals surface area (Å²) in [7, 11) is 1.66. The third-order valence-electron chi connectivity index (χ3n) is 5.55. The highest BCUT2D eigenvalue weighted by atomic mass is 32.2. The zero-order valence-electron chi connectivity index (χ0n) is 16.5. The quantitative estimate of drug-likeness (QED) is 0.761. The Balaban J connectivity index is 1.45. The molecule has 1 atom stereocenters. The standard InChI is InChI=1S/C21H32N2O2S2/c1-16-12-19(25-2)6-7-20(16)22-21(24)8-5-17-4-3-9-23(13-17)18-14-26-10-11-27-15-18/h6-7,12,17-18H,3-5,8-11,13-15H2,1-2H3,(H,22,24)/t17-/m1/s1. The van der Waals surface area contributed by atoms with Crippen LogP contribution in [0.4, 0.5) is 5.69 Å². The molecule has 0 aromatic heterocycles. The number of hydrogen-bond acceptors (Lipinski definition) is 5. The molecule has 0 saturated carbocycles. The van der Waals surface area contributed by atoms with Gasteiger partial charge in [-0.1, -0.05) is 0 Å². The maximum atomic E-state index is 12.4.